The van der Waals surface area contributed by atoms with Crippen molar-refractivity contribution in [2.45, 2.75) is 25.7 Å². The smallest absolute Gasteiger partial charge is 0.335 e. The van der Waals surface area contributed by atoms with E-state index in [1.54, 1.807) is 49.6 Å². The zero-order valence-corrected chi connectivity index (χ0v) is 19.6. The lowest BCUT2D eigenvalue weighted by atomic mass is 10.0. The van der Waals surface area contributed by atoms with Crippen molar-refractivity contribution in [3.63, 3.8) is 0 Å². The number of carbonyl (C=O) groups excluding carboxylic acids is 2. The van der Waals surface area contributed by atoms with Gasteiger partial charge in [0.1, 0.15) is 12.4 Å². The Morgan fingerprint density at radius 1 is 0.943 bits per heavy atom. The monoisotopic (exact) mass is 475 g/mol. The van der Waals surface area contributed by atoms with Gasteiger partial charge >= 0.3 is 11.9 Å². The van der Waals surface area contributed by atoms with Crippen molar-refractivity contribution in [2.24, 2.45) is 4.99 Å². The van der Waals surface area contributed by atoms with Crippen molar-refractivity contribution in [2.75, 3.05) is 14.2 Å². The summed E-state index contributed by atoms with van der Waals surface area (Å²) in [6.45, 7) is 1.60. The van der Waals surface area contributed by atoms with Crippen molar-refractivity contribution in [1.29, 1.82) is 0 Å². The van der Waals surface area contributed by atoms with E-state index in [0.717, 1.165) is 5.56 Å². The summed E-state index contributed by atoms with van der Waals surface area (Å²) >= 11 is 0. The number of benzene rings is 3. The Morgan fingerprint density at radius 3 is 2.34 bits per heavy atom. The Bertz CT molecular complexity index is 1220. The van der Waals surface area contributed by atoms with E-state index in [9.17, 15) is 9.59 Å². The molecule has 0 radical (unpaired) electrons. The summed E-state index contributed by atoms with van der Waals surface area (Å²) in [5.74, 6) is 0.542. The molecule has 180 valence electrons. The fraction of sp³-hybridized carbons (Fsp3) is 0.222. The molecule has 4 rings (SSSR count). The zero-order chi connectivity index (χ0) is 24.8. The van der Waals surface area contributed by atoms with Crippen LogP contribution in [0, 0.1) is 0 Å². The molecule has 0 spiro atoms. The molecule has 0 saturated heterocycles. The molecule has 0 unspecified atom stereocenters. The molecule has 1 aliphatic rings. The van der Waals surface area contributed by atoms with Crippen LogP contribution in [0.25, 0.3) is 0 Å². The normalized spacial score (nSPS) is 16.6. The van der Waals surface area contributed by atoms with Gasteiger partial charge in [0.15, 0.2) is 23.6 Å². The number of esters is 2. The third kappa shape index (κ3) is 5.60. The van der Waals surface area contributed by atoms with Gasteiger partial charge in [0.2, 0.25) is 5.90 Å². The van der Waals surface area contributed by atoms with Crippen LogP contribution in [-0.4, -0.2) is 38.1 Å². The lowest BCUT2D eigenvalue weighted by Crippen LogP contribution is -2.25. The summed E-state index contributed by atoms with van der Waals surface area (Å²) < 4.78 is 27.6. The van der Waals surface area contributed by atoms with Gasteiger partial charge in [-0.2, -0.15) is 0 Å². The van der Waals surface area contributed by atoms with Crippen LogP contribution in [0.4, 0.5) is 0 Å². The second-order valence-electron chi connectivity index (χ2n) is 7.74. The first-order valence-corrected chi connectivity index (χ1v) is 10.9. The SMILES string of the molecule is COC(=O)[C@H]1N=C(c2ccc(OC)cc2)O[C@@H]1c1ccc(OCc2ccccc2)c(OC(C)=O)c1. The van der Waals surface area contributed by atoms with Gasteiger partial charge in [0.25, 0.3) is 0 Å². The lowest BCUT2D eigenvalue weighted by molar-refractivity contribution is -0.143. The fourth-order valence-electron chi connectivity index (χ4n) is 3.62. The molecule has 3 aromatic rings. The van der Waals surface area contributed by atoms with Crippen LogP contribution in [0.5, 0.6) is 17.2 Å². The second-order valence-corrected chi connectivity index (χ2v) is 7.74. The number of methoxy groups -OCH3 is 2. The van der Waals surface area contributed by atoms with E-state index >= 15 is 0 Å². The van der Waals surface area contributed by atoms with Crippen LogP contribution in [-0.2, 0) is 25.7 Å². The number of hydrogen-bond donors (Lipinski definition) is 0. The van der Waals surface area contributed by atoms with Crippen molar-refractivity contribution in [3.05, 3.63) is 89.5 Å². The Kier molecular flexibility index (Phi) is 7.30. The summed E-state index contributed by atoms with van der Waals surface area (Å²) in [4.78, 5) is 28.8. The molecule has 8 nitrogen and oxygen atoms in total. The first-order valence-electron chi connectivity index (χ1n) is 10.9. The van der Waals surface area contributed by atoms with Gasteiger partial charge in [-0.25, -0.2) is 9.79 Å². The topological polar surface area (TPSA) is 92.7 Å². The van der Waals surface area contributed by atoms with Crippen molar-refractivity contribution in [1.82, 2.24) is 0 Å². The molecule has 0 fully saturated rings. The van der Waals surface area contributed by atoms with E-state index in [1.165, 1.54) is 14.0 Å². The molecule has 0 aliphatic carbocycles. The molecule has 0 N–H and O–H groups in total. The molecule has 35 heavy (non-hydrogen) atoms. The minimum absolute atomic E-state index is 0.219. The van der Waals surface area contributed by atoms with Crippen LogP contribution in [0.15, 0.2) is 77.8 Å². The number of hydrogen-bond acceptors (Lipinski definition) is 8. The maximum absolute atomic E-state index is 12.5. The fourth-order valence-corrected chi connectivity index (χ4v) is 3.62. The van der Waals surface area contributed by atoms with E-state index in [4.69, 9.17) is 23.7 Å². The summed E-state index contributed by atoms with van der Waals surface area (Å²) in [6, 6.07) is 20.9. The van der Waals surface area contributed by atoms with Crippen LogP contribution in [0.1, 0.15) is 29.7 Å². The molecule has 1 aliphatic heterocycles. The first kappa shape index (κ1) is 23.8. The van der Waals surface area contributed by atoms with E-state index in [1.807, 2.05) is 30.3 Å². The van der Waals surface area contributed by atoms with Gasteiger partial charge in [-0.1, -0.05) is 36.4 Å². The number of nitrogens with zero attached hydrogens (tertiary/aromatic N) is 1. The Morgan fingerprint density at radius 2 is 1.69 bits per heavy atom. The highest BCUT2D eigenvalue weighted by molar-refractivity contribution is 5.98. The standard InChI is InChI=1S/C27H25NO7/c1-17(29)34-23-15-20(11-14-22(23)33-16-18-7-5-4-6-8-18)25-24(27(30)32-3)28-26(35-25)19-9-12-21(31-2)13-10-19/h4-15,24-25H,16H2,1-3H3/t24-,25+/m0/s1. The highest BCUT2D eigenvalue weighted by Gasteiger charge is 2.39. The maximum Gasteiger partial charge on any atom is 0.335 e. The second kappa shape index (κ2) is 10.7. The third-order valence-corrected chi connectivity index (χ3v) is 5.35. The number of aliphatic imine (C=N–C) groups is 1. The van der Waals surface area contributed by atoms with Gasteiger partial charge in [0, 0.05) is 12.5 Å². The molecule has 0 bridgehead atoms. The van der Waals surface area contributed by atoms with Crippen LogP contribution in [0.2, 0.25) is 0 Å². The van der Waals surface area contributed by atoms with Gasteiger partial charge < -0.3 is 23.7 Å². The van der Waals surface area contributed by atoms with Crippen LogP contribution >= 0.6 is 0 Å². The van der Waals surface area contributed by atoms with Gasteiger partial charge in [-0.15, -0.1) is 0 Å². The Balaban J connectivity index is 1.62. The Hall–Kier alpha value is -4.33. The highest BCUT2D eigenvalue weighted by atomic mass is 16.6. The van der Waals surface area contributed by atoms with E-state index in [-0.39, 0.29) is 5.75 Å². The number of carbonyl (C=O) groups is 2. The largest absolute Gasteiger partial charge is 0.497 e. The highest BCUT2D eigenvalue weighted by Crippen LogP contribution is 2.37. The van der Waals surface area contributed by atoms with Gasteiger partial charge in [-0.05, 0) is 47.5 Å². The molecular formula is C27H25NO7. The molecule has 8 heteroatoms. The van der Waals surface area contributed by atoms with Crippen molar-refractivity contribution < 1.29 is 33.3 Å². The van der Waals surface area contributed by atoms with E-state index in [2.05, 4.69) is 4.99 Å². The molecule has 3 aromatic carbocycles. The predicted octanol–water partition coefficient (Wildman–Crippen LogP) is 4.26. The van der Waals surface area contributed by atoms with E-state index in [0.29, 0.717) is 35.1 Å². The van der Waals surface area contributed by atoms with Gasteiger partial charge in [0.05, 0.1) is 14.2 Å². The Labute approximate surface area is 203 Å². The number of ether oxygens (including phenoxy) is 5. The molecule has 2 atom stereocenters. The minimum Gasteiger partial charge on any atom is -0.497 e. The molecule has 0 aromatic heterocycles. The average molecular weight is 475 g/mol. The third-order valence-electron chi connectivity index (χ3n) is 5.35. The first-order chi connectivity index (χ1) is 17.0. The van der Waals surface area contributed by atoms with Crippen LogP contribution in [0.3, 0.4) is 0 Å². The lowest BCUT2D eigenvalue weighted by Gasteiger charge is -2.19. The maximum atomic E-state index is 12.5. The summed E-state index contributed by atoms with van der Waals surface area (Å²) in [6.07, 6.45) is -0.781. The predicted molar refractivity (Wildman–Crippen MR) is 128 cm³/mol. The van der Waals surface area contributed by atoms with E-state index < -0.39 is 24.1 Å². The molecule has 1 heterocycles. The molecular weight excluding hydrogens is 450 g/mol. The average Bonchev–Trinajstić information content (AvgIpc) is 3.33. The van der Waals surface area contributed by atoms with Crippen LogP contribution < -0.4 is 14.2 Å². The molecule has 0 saturated carbocycles. The summed E-state index contributed by atoms with van der Waals surface area (Å²) in [5, 5.41) is 0. The minimum atomic E-state index is -0.932. The van der Waals surface area contributed by atoms with Crippen molar-refractivity contribution >= 4 is 17.8 Å². The summed E-state index contributed by atoms with van der Waals surface area (Å²) in [7, 11) is 2.88. The van der Waals surface area contributed by atoms with Gasteiger partial charge in [-0.3, -0.25) is 4.79 Å². The quantitative estimate of drug-likeness (QED) is 0.355. The van der Waals surface area contributed by atoms with Crippen molar-refractivity contribution in [3.8, 4) is 17.2 Å². The zero-order valence-electron chi connectivity index (χ0n) is 19.6. The number of rotatable bonds is 8. The summed E-state index contributed by atoms with van der Waals surface area (Å²) in [5.41, 5.74) is 2.23. The molecule has 0 amide bonds.